The van der Waals surface area contributed by atoms with Crippen molar-refractivity contribution in [1.82, 2.24) is 9.88 Å². The van der Waals surface area contributed by atoms with Gasteiger partial charge in [-0.15, -0.1) is 11.3 Å². The molecule has 1 N–H and O–H groups in total. The van der Waals surface area contributed by atoms with Crippen molar-refractivity contribution in [3.05, 3.63) is 16.6 Å². The summed E-state index contributed by atoms with van der Waals surface area (Å²) in [7, 11) is 0. The molecule has 6 heteroatoms. The van der Waals surface area contributed by atoms with Crippen LogP contribution in [-0.2, 0) is 4.79 Å². The molecule has 0 aromatic carbocycles. The van der Waals surface area contributed by atoms with Crippen molar-refractivity contribution in [3.63, 3.8) is 0 Å². The Hall–Kier alpha value is -1.43. The van der Waals surface area contributed by atoms with Crippen LogP contribution in [0.25, 0.3) is 0 Å². The van der Waals surface area contributed by atoms with E-state index in [2.05, 4.69) is 4.98 Å². The number of carbonyl (C=O) groups excluding carboxylic acids is 1. The smallest absolute Gasteiger partial charge is 0.308 e. The Morgan fingerprint density at radius 1 is 1.62 bits per heavy atom. The summed E-state index contributed by atoms with van der Waals surface area (Å²) in [6.07, 6.45) is 1.50. The van der Waals surface area contributed by atoms with Crippen molar-refractivity contribution in [2.45, 2.75) is 13.8 Å². The largest absolute Gasteiger partial charge is 0.481 e. The Labute approximate surface area is 97.7 Å². The third-order valence-corrected chi connectivity index (χ3v) is 2.99. The zero-order valence-corrected chi connectivity index (χ0v) is 10.0. The number of carboxylic acid groups (broad SMARTS) is 1. The van der Waals surface area contributed by atoms with Crippen molar-refractivity contribution >= 4 is 23.2 Å². The fourth-order valence-corrected chi connectivity index (χ4v) is 1.83. The zero-order chi connectivity index (χ0) is 12.1. The van der Waals surface area contributed by atoms with Gasteiger partial charge in [0, 0.05) is 13.1 Å². The molecule has 1 heterocycles. The van der Waals surface area contributed by atoms with Gasteiger partial charge in [0.05, 0.1) is 17.6 Å². The van der Waals surface area contributed by atoms with E-state index in [1.807, 2.05) is 6.92 Å². The van der Waals surface area contributed by atoms with E-state index >= 15 is 0 Å². The van der Waals surface area contributed by atoms with Crippen LogP contribution in [0.3, 0.4) is 0 Å². The number of rotatable bonds is 5. The predicted molar refractivity (Wildman–Crippen MR) is 60.5 cm³/mol. The first-order valence-corrected chi connectivity index (χ1v) is 5.84. The van der Waals surface area contributed by atoms with Gasteiger partial charge in [-0.1, -0.05) is 6.92 Å². The number of hydrogen-bond acceptors (Lipinski definition) is 4. The Balaban J connectivity index is 2.68. The fourth-order valence-electron chi connectivity index (χ4n) is 1.24. The van der Waals surface area contributed by atoms with E-state index in [-0.39, 0.29) is 12.5 Å². The second kappa shape index (κ2) is 5.60. The third-order valence-electron chi connectivity index (χ3n) is 2.23. The lowest BCUT2D eigenvalue weighted by atomic mass is 10.1. The van der Waals surface area contributed by atoms with E-state index in [1.165, 1.54) is 22.4 Å². The second-order valence-corrected chi connectivity index (χ2v) is 4.34. The lowest BCUT2D eigenvalue weighted by Gasteiger charge is -2.21. The molecule has 0 bridgehead atoms. The maximum Gasteiger partial charge on any atom is 0.308 e. The van der Waals surface area contributed by atoms with Crippen LogP contribution in [0.15, 0.2) is 11.7 Å². The van der Waals surface area contributed by atoms with Gasteiger partial charge in [-0.2, -0.15) is 0 Å². The van der Waals surface area contributed by atoms with Gasteiger partial charge in [-0.25, -0.2) is 0 Å². The molecule has 0 fully saturated rings. The third kappa shape index (κ3) is 3.03. The van der Waals surface area contributed by atoms with Crippen LogP contribution in [0.5, 0.6) is 0 Å². The van der Waals surface area contributed by atoms with Crippen molar-refractivity contribution in [2.75, 3.05) is 13.1 Å². The van der Waals surface area contributed by atoms with Gasteiger partial charge >= 0.3 is 5.97 Å². The van der Waals surface area contributed by atoms with Crippen LogP contribution in [0.2, 0.25) is 0 Å². The number of thiazole rings is 1. The molecule has 5 nitrogen and oxygen atoms in total. The number of nitrogens with zero attached hydrogens (tertiary/aromatic N) is 2. The summed E-state index contributed by atoms with van der Waals surface area (Å²) in [5, 5.41) is 8.79. The van der Waals surface area contributed by atoms with Crippen molar-refractivity contribution in [2.24, 2.45) is 5.92 Å². The lowest BCUT2D eigenvalue weighted by Crippen LogP contribution is -2.36. The minimum absolute atomic E-state index is 0.155. The molecule has 1 aromatic heterocycles. The summed E-state index contributed by atoms with van der Waals surface area (Å²) in [6, 6.07) is 0. The molecule has 1 amide bonds. The van der Waals surface area contributed by atoms with Gasteiger partial charge in [0.2, 0.25) is 0 Å². The molecule has 0 saturated heterocycles. The molecule has 1 atom stereocenters. The van der Waals surface area contributed by atoms with E-state index in [0.29, 0.717) is 11.4 Å². The molecule has 88 valence electrons. The number of aromatic nitrogens is 1. The van der Waals surface area contributed by atoms with E-state index in [1.54, 1.807) is 12.4 Å². The Kier molecular flexibility index (Phi) is 4.42. The monoisotopic (exact) mass is 242 g/mol. The maximum absolute atomic E-state index is 11.9. The van der Waals surface area contributed by atoms with Gasteiger partial charge in [0.25, 0.3) is 5.91 Å². The number of hydrogen-bond donors (Lipinski definition) is 1. The number of carbonyl (C=O) groups is 2. The number of amides is 1. The molecule has 0 aliphatic rings. The molecule has 1 rings (SSSR count). The van der Waals surface area contributed by atoms with Crippen LogP contribution in [0.1, 0.15) is 23.5 Å². The second-order valence-electron chi connectivity index (χ2n) is 3.45. The summed E-state index contributed by atoms with van der Waals surface area (Å²) in [4.78, 5) is 28.5. The molecule has 0 aliphatic heterocycles. The van der Waals surface area contributed by atoms with Gasteiger partial charge < -0.3 is 10.0 Å². The van der Waals surface area contributed by atoms with E-state index < -0.39 is 11.9 Å². The predicted octanol–water partition coefficient (Wildman–Crippen LogP) is 1.33. The summed E-state index contributed by atoms with van der Waals surface area (Å²) in [5.41, 5.74) is 1.59. The first-order chi connectivity index (χ1) is 7.56. The van der Waals surface area contributed by atoms with Gasteiger partial charge in [0.15, 0.2) is 0 Å². The van der Waals surface area contributed by atoms with Crippen LogP contribution >= 0.6 is 11.3 Å². The Morgan fingerprint density at radius 2 is 2.31 bits per heavy atom. The van der Waals surface area contributed by atoms with Crippen LogP contribution in [-0.4, -0.2) is 40.0 Å². The average Bonchev–Trinajstić information content (AvgIpc) is 2.77. The highest BCUT2D eigenvalue weighted by Crippen LogP contribution is 2.11. The summed E-state index contributed by atoms with van der Waals surface area (Å²) in [6.45, 7) is 4.13. The standard InChI is InChI=1S/C10H14N2O3S/c1-3-12(5-7(2)10(14)15)9(13)8-4-11-6-16-8/h4,6-7H,3,5H2,1-2H3,(H,14,15). The molecule has 0 radical (unpaired) electrons. The molecule has 0 spiro atoms. The van der Waals surface area contributed by atoms with Crippen LogP contribution in [0, 0.1) is 5.92 Å². The normalized spacial score (nSPS) is 12.1. The molecule has 0 saturated carbocycles. The van der Waals surface area contributed by atoms with Gasteiger partial charge in [0.1, 0.15) is 4.88 Å². The van der Waals surface area contributed by atoms with Crippen molar-refractivity contribution in [3.8, 4) is 0 Å². The highest BCUT2D eigenvalue weighted by Gasteiger charge is 2.21. The Morgan fingerprint density at radius 3 is 2.75 bits per heavy atom. The van der Waals surface area contributed by atoms with Crippen LogP contribution in [0.4, 0.5) is 0 Å². The van der Waals surface area contributed by atoms with E-state index in [4.69, 9.17) is 5.11 Å². The molecule has 1 unspecified atom stereocenters. The number of carboxylic acids is 1. The van der Waals surface area contributed by atoms with Gasteiger partial charge in [-0.3, -0.25) is 14.6 Å². The SMILES string of the molecule is CCN(CC(C)C(=O)O)C(=O)c1cncs1. The minimum Gasteiger partial charge on any atom is -0.481 e. The molecular weight excluding hydrogens is 228 g/mol. The number of aliphatic carboxylic acids is 1. The molecule has 0 aliphatic carbocycles. The summed E-state index contributed by atoms with van der Waals surface area (Å²) >= 11 is 1.26. The summed E-state index contributed by atoms with van der Waals surface area (Å²) < 4.78 is 0. The molecule has 16 heavy (non-hydrogen) atoms. The summed E-state index contributed by atoms with van der Waals surface area (Å²) in [5.74, 6) is -1.61. The highest BCUT2D eigenvalue weighted by molar-refractivity contribution is 7.11. The maximum atomic E-state index is 11.9. The average molecular weight is 242 g/mol. The fraction of sp³-hybridized carbons (Fsp3) is 0.500. The minimum atomic E-state index is -0.893. The highest BCUT2D eigenvalue weighted by atomic mass is 32.1. The zero-order valence-electron chi connectivity index (χ0n) is 9.21. The first kappa shape index (κ1) is 12.6. The topological polar surface area (TPSA) is 70.5 Å². The lowest BCUT2D eigenvalue weighted by molar-refractivity contribution is -0.141. The van der Waals surface area contributed by atoms with E-state index in [9.17, 15) is 9.59 Å². The Bertz CT molecular complexity index is 364. The van der Waals surface area contributed by atoms with E-state index in [0.717, 1.165) is 0 Å². The van der Waals surface area contributed by atoms with Gasteiger partial charge in [-0.05, 0) is 6.92 Å². The van der Waals surface area contributed by atoms with Crippen molar-refractivity contribution in [1.29, 1.82) is 0 Å². The molecular formula is C10H14N2O3S. The molecule has 1 aromatic rings. The van der Waals surface area contributed by atoms with Crippen molar-refractivity contribution < 1.29 is 14.7 Å². The first-order valence-electron chi connectivity index (χ1n) is 4.96. The quantitative estimate of drug-likeness (QED) is 0.845. The van der Waals surface area contributed by atoms with Crippen LogP contribution < -0.4 is 0 Å².